The normalized spacial score (nSPS) is 12.5. The Bertz CT molecular complexity index is 2330. The third-order valence-electron chi connectivity index (χ3n) is 8.67. The molecule has 5 heteroatoms. The minimum Gasteiger partial charge on any atom is -0.293 e. The molecular weight excluding hydrogens is 771 g/mol. The van der Waals surface area contributed by atoms with Crippen LogP contribution in [0, 0.1) is 12.1 Å². The van der Waals surface area contributed by atoms with Crippen molar-refractivity contribution >= 4 is 32.6 Å². The van der Waals surface area contributed by atoms with Gasteiger partial charge in [-0.05, 0) is 46.4 Å². The predicted molar refractivity (Wildman–Crippen MR) is 191 cm³/mol. The summed E-state index contributed by atoms with van der Waals surface area (Å²) < 4.78 is 1.21. The van der Waals surface area contributed by atoms with Crippen LogP contribution in [0.1, 0.15) is 25.0 Å². The molecule has 3 nitrogen and oxygen atoms in total. The summed E-state index contributed by atoms with van der Waals surface area (Å²) in [5, 5.41) is 1.02. The van der Waals surface area contributed by atoms with Crippen molar-refractivity contribution in [2.24, 2.45) is 0 Å². The molecule has 1 aliphatic rings. The quantitative estimate of drug-likeness (QED) is 0.167. The maximum Gasteiger partial charge on any atom is 0.0867 e. The van der Waals surface area contributed by atoms with Gasteiger partial charge in [0.15, 0.2) is 0 Å². The molecule has 2 aromatic heterocycles. The van der Waals surface area contributed by atoms with Crippen LogP contribution in [0.15, 0.2) is 140 Å². The summed E-state index contributed by atoms with van der Waals surface area (Å²) in [6.45, 7) is 4.56. The molecule has 0 spiro atoms. The fourth-order valence-electron chi connectivity index (χ4n) is 6.26. The number of benzene rings is 6. The molecule has 0 amide bonds. The van der Waals surface area contributed by atoms with E-state index in [1.807, 2.05) is 54.7 Å². The number of aromatic nitrogens is 3. The average Bonchev–Trinajstić information content (AvgIpc) is 3.65. The molecule has 0 fully saturated rings. The van der Waals surface area contributed by atoms with E-state index in [0.717, 1.165) is 38.4 Å². The van der Waals surface area contributed by atoms with Crippen molar-refractivity contribution in [1.82, 2.24) is 15.0 Å². The Morgan fingerprint density at radius 1 is 0.596 bits per heavy atom. The molecule has 1 radical (unpaired) electrons. The standard InChI is InChI=1S/C23H17N2.C19H12NS.Ir/c1-23(2)18-8-4-3-7-16(18)17-13-15(11-12-19(17)23)22-14-24-20-9-5-6-10-21(20)25-22;1-2-7-14(8-3-1)15-9-6-10-16(13-15)19-20-17-11-4-5-12-18(17)21-19;/h3-10,12-14H,1-2H3;1-9,11-13H;/q2*-1;. The van der Waals surface area contributed by atoms with Crippen LogP contribution >= 0.6 is 11.3 Å². The van der Waals surface area contributed by atoms with Crippen molar-refractivity contribution in [1.29, 1.82) is 0 Å². The fraction of sp³-hybridized carbons (Fsp3) is 0.0714. The molecule has 1 aliphatic carbocycles. The third-order valence-corrected chi connectivity index (χ3v) is 9.74. The molecule has 0 N–H and O–H groups in total. The molecule has 6 aromatic carbocycles. The molecule has 0 aliphatic heterocycles. The van der Waals surface area contributed by atoms with Crippen LogP contribution in [0.4, 0.5) is 0 Å². The first-order chi connectivity index (χ1) is 22.5. The molecule has 0 bridgehead atoms. The van der Waals surface area contributed by atoms with E-state index in [-0.39, 0.29) is 25.5 Å². The first-order valence-corrected chi connectivity index (χ1v) is 16.2. The molecule has 47 heavy (non-hydrogen) atoms. The zero-order valence-corrected chi connectivity index (χ0v) is 29.1. The van der Waals surface area contributed by atoms with Gasteiger partial charge in [0.2, 0.25) is 0 Å². The number of hydrogen-bond donors (Lipinski definition) is 0. The second-order valence-corrected chi connectivity index (χ2v) is 13.0. The molecule has 8 aromatic rings. The van der Waals surface area contributed by atoms with Crippen molar-refractivity contribution in [3.63, 3.8) is 0 Å². The van der Waals surface area contributed by atoms with Gasteiger partial charge in [-0.25, -0.2) is 0 Å². The number of nitrogens with zero attached hydrogens (tertiary/aromatic N) is 3. The van der Waals surface area contributed by atoms with Crippen LogP contribution in [-0.4, -0.2) is 15.0 Å². The Hall–Kier alpha value is -4.80. The second kappa shape index (κ2) is 12.8. The molecule has 9 rings (SSSR count). The Labute approximate surface area is 292 Å². The van der Waals surface area contributed by atoms with Crippen LogP contribution in [0.25, 0.3) is 65.3 Å². The van der Waals surface area contributed by atoms with Crippen LogP contribution in [-0.2, 0) is 25.5 Å². The smallest absolute Gasteiger partial charge is 0.0867 e. The van der Waals surface area contributed by atoms with Crippen LogP contribution < -0.4 is 0 Å². The van der Waals surface area contributed by atoms with Crippen LogP contribution in [0.5, 0.6) is 0 Å². The van der Waals surface area contributed by atoms with Gasteiger partial charge in [0, 0.05) is 41.7 Å². The molecule has 2 heterocycles. The fourth-order valence-corrected chi connectivity index (χ4v) is 7.21. The molecule has 229 valence electrons. The van der Waals surface area contributed by atoms with E-state index >= 15 is 0 Å². The Balaban J connectivity index is 0.000000148. The summed E-state index contributed by atoms with van der Waals surface area (Å²) in [7, 11) is 0. The van der Waals surface area contributed by atoms with Gasteiger partial charge in [0.05, 0.1) is 16.6 Å². The summed E-state index contributed by atoms with van der Waals surface area (Å²) in [6, 6.07) is 52.6. The number of thiazole rings is 1. The zero-order valence-electron chi connectivity index (χ0n) is 25.9. The number of hydrogen-bond acceptors (Lipinski definition) is 4. The molecule has 0 saturated heterocycles. The summed E-state index contributed by atoms with van der Waals surface area (Å²) in [5.41, 5.74) is 13.5. The maximum atomic E-state index is 4.77. The van der Waals surface area contributed by atoms with E-state index in [1.165, 1.54) is 38.1 Å². The van der Waals surface area contributed by atoms with Gasteiger partial charge in [-0.15, -0.1) is 64.7 Å². The second-order valence-electron chi connectivity index (χ2n) is 11.9. The van der Waals surface area contributed by atoms with Crippen molar-refractivity contribution in [3.05, 3.63) is 163 Å². The monoisotopic (exact) mass is 800 g/mol. The van der Waals surface area contributed by atoms with Gasteiger partial charge >= 0.3 is 0 Å². The maximum absolute atomic E-state index is 4.77. The van der Waals surface area contributed by atoms with Crippen molar-refractivity contribution in [2.45, 2.75) is 19.3 Å². The van der Waals surface area contributed by atoms with Crippen LogP contribution in [0.3, 0.4) is 0 Å². The summed E-state index contributed by atoms with van der Waals surface area (Å²) in [6.07, 6.45) is 1.84. The number of rotatable bonds is 3. The third kappa shape index (κ3) is 5.83. The van der Waals surface area contributed by atoms with E-state index < -0.39 is 0 Å². The minimum absolute atomic E-state index is 0. The first kappa shape index (κ1) is 30.8. The van der Waals surface area contributed by atoms with Crippen molar-refractivity contribution in [3.8, 4) is 44.1 Å². The molecule has 0 unspecified atom stereocenters. The minimum atomic E-state index is 0. The van der Waals surface area contributed by atoms with Gasteiger partial charge in [-0.3, -0.25) is 15.0 Å². The van der Waals surface area contributed by atoms with E-state index in [9.17, 15) is 0 Å². The number of para-hydroxylation sites is 3. The molecule has 0 atom stereocenters. The Morgan fingerprint density at radius 3 is 2.15 bits per heavy atom. The Kier molecular flexibility index (Phi) is 8.38. The SMILES string of the molecule is CC1(C)c2c[c-]c(-c3cnc4ccccc4n3)cc2-c2ccccc21.[Ir].[c-]1ccc(-c2ccccc2)cc1-c1nc2ccccc2s1. The summed E-state index contributed by atoms with van der Waals surface area (Å²) in [4.78, 5) is 14.0. The van der Waals surface area contributed by atoms with E-state index in [1.54, 1.807) is 11.3 Å². The van der Waals surface area contributed by atoms with E-state index in [0.29, 0.717) is 0 Å². The van der Waals surface area contributed by atoms with Gasteiger partial charge in [0.25, 0.3) is 0 Å². The molecular formula is C42H29IrN3S-2. The molecule has 0 saturated carbocycles. The van der Waals surface area contributed by atoms with Gasteiger partial charge in [0.1, 0.15) is 0 Å². The Morgan fingerprint density at radius 2 is 1.32 bits per heavy atom. The summed E-state index contributed by atoms with van der Waals surface area (Å²) >= 11 is 1.71. The number of fused-ring (bicyclic) bond motifs is 5. The van der Waals surface area contributed by atoms with Gasteiger partial charge in [-0.1, -0.05) is 98.3 Å². The van der Waals surface area contributed by atoms with Crippen molar-refractivity contribution < 1.29 is 20.1 Å². The van der Waals surface area contributed by atoms with Crippen LogP contribution in [0.2, 0.25) is 0 Å². The summed E-state index contributed by atoms with van der Waals surface area (Å²) in [5.74, 6) is 0. The zero-order chi connectivity index (χ0) is 31.1. The predicted octanol–water partition coefficient (Wildman–Crippen LogP) is 10.8. The average molecular weight is 800 g/mol. The van der Waals surface area contributed by atoms with E-state index in [2.05, 4.69) is 116 Å². The van der Waals surface area contributed by atoms with E-state index in [4.69, 9.17) is 9.97 Å². The van der Waals surface area contributed by atoms with Gasteiger partial charge in [-0.2, -0.15) is 11.3 Å². The van der Waals surface area contributed by atoms with Gasteiger partial charge < -0.3 is 0 Å². The first-order valence-electron chi connectivity index (χ1n) is 15.4. The largest absolute Gasteiger partial charge is 0.293 e. The van der Waals surface area contributed by atoms with Crippen molar-refractivity contribution in [2.75, 3.05) is 0 Å². The topological polar surface area (TPSA) is 38.7 Å².